The van der Waals surface area contributed by atoms with E-state index in [0.29, 0.717) is 32.8 Å². The van der Waals surface area contributed by atoms with Crippen LogP contribution in [0.4, 0.5) is 5.82 Å². The van der Waals surface area contributed by atoms with Crippen molar-refractivity contribution in [3.63, 3.8) is 0 Å². The van der Waals surface area contributed by atoms with Gasteiger partial charge in [0.25, 0.3) is 11.5 Å². The molecule has 0 unspecified atom stereocenters. The highest BCUT2D eigenvalue weighted by molar-refractivity contribution is 8.26. The minimum atomic E-state index is -0.166. The molecule has 6 rings (SSSR count). The van der Waals surface area contributed by atoms with Crippen LogP contribution in [0.1, 0.15) is 54.4 Å². The van der Waals surface area contributed by atoms with Crippen LogP contribution < -0.4 is 10.5 Å². The number of rotatable bonds is 3. The number of hydrogen-bond donors (Lipinski definition) is 0. The summed E-state index contributed by atoms with van der Waals surface area (Å²) in [6, 6.07) is 12.4. The van der Waals surface area contributed by atoms with Gasteiger partial charge in [-0.25, -0.2) is 4.98 Å². The summed E-state index contributed by atoms with van der Waals surface area (Å²) >= 11 is 6.94. The molecule has 3 aliphatic rings. The molecule has 2 aromatic heterocycles. The van der Waals surface area contributed by atoms with Gasteiger partial charge >= 0.3 is 0 Å². The molecule has 2 fully saturated rings. The first-order valence-electron chi connectivity index (χ1n) is 12.6. The van der Waals surface area contributed by atoms with E-state index in [9.17, 15) is 9.59 Å². The van der Waals surface area contributed by atoms with Crippen molar-refractivity contribution < 1.29 is 4.79 Å². The molecule has 0 N–H and O–H groups in total. The van der Waals surface area contributed by atoms with Crippen LogP contribution in [-0.4, -0.2) is 37.1 Å². The minimum Gasteiger partial charge on any atom is -0.351 e. The number of nitrogens with zero attached hydrogens (tertiary/aromatic N) is 4. The second kappa shape index (κ2) is 9.48. The fourth-order valence-electron chi connectivity index (χ4n) is 5.61. The lowest BCUT2D eigenvalue weighted by atomic mass is 9.94. The van der Waals surface area contributed by atoms with E-state index in [2.05, 4.69) is 23.1 Å². The minimum absolute atomic E-state index is 0.0828. The number of carbonyl (C=O) groups is 1. The zero-order valence-corrected chi connectivity index (χ0v) is 21.9. The van der Waals surface area contributed by atoms with Crippen LogP contribution in [0.25, 0.3) is 11.7 Å². The predicted octanol–water partition coefficient (Wildman–Crippen LogP) is 5.10. The summed E-state index contributed by atoms with van der Waals surface area (Å²) < 4.78 is 2.18. The van der Waals surface area contributed by atoms with Gasteiger partial charge in [0.15, 0.2) is 0 Å². The van der Waals surface area contributed by atoms with E-state index in [4.69, 9.17) is 17.2 Å². The average Bonchev–Trinajstić information content (AvgIpc) is 3.18. The van der Waals surface area contributed by atoms with Crippen LogP contribution in [-0.2, 0) is 17.8 Å². The van der Waals surface area contributed by atoms with E-state index in [0.717, 1.165) is 44.2 Å². The maximum Gasteiger partial charge on any atom is 0.267 e. The van der Waals surface area contributed by atoms with Gasteiger partial charge in [0.2, 0.25) is 0 Å². The van der Waals surface area contributed by atoms with E-state index in [-0.39, 0.29) is 17.5 Å². The zero-order chi connectivity index (χ0) is 24.8. The number of anilines is 1. The van der Waals surface area contributed by atoms with Crippen LogP contribution in [0, 0.1) is 6.92 Å². The normalized spacial score (nSPS) is 20.0. The van der Waals surface area contributed by atoms with Gasteiger partial charge in [-0.3, -0.25) is 18.9 Å². The molecule has 184 valence electrons. The third-order valence-corrected chi connectivity index (χ3v) is 8.86. The molecule has 2 aliphatic heterocycles. The van der Waals surface area contributed by atoms with Gasteiger partial charge in [-0.15, -0.1) is 0 Å². The summed E-state index contributed by atoms with van der Waals surface area (Å²) in [7, 11) is 0. The molecule has 1 amide bonds. The number of pyridine rings is 1. The van der Waals surface area contributed by atoms with Crippen LogP contribution in [0.3, 0.4) is 0 Å². The molecular weight excluding hydrogens is 488 g/mol. The fraction of sp³-hybridized carbons (Fsp3) is 0.357. The van der Waals surface area contributed by atoms with Gasteiger partial charge in [-0.05, 0) is 55.0 Å². The Morgan fingerprint density at radius 3 is 2.64 bits per heavy atom. The van der Waals surface area contributed by atoms with E-state index in [1.54, 1.807) is 21.6 Å². The van der Waals surface area contributed by atoms with Crippen LogP contribution >= 0.6 is 24.0 Å². The first-order valence-corrected chi connectivity index (χ1v) is 13.8. The molecule has 0 bridgehead atoms. The highest BCUT2D eigenvalue weighted by atomic mass is 32.2. The lowest BCUT2D eigenvalue weighted by molar-refractivity contribution is -0.124. The van der Waals surface area contributed by atoms with Crippen molar-refractivity contribution in [1.29, 1.82) is 0 Å². The first kappa shape index (κ1) is 23.4. The van der Waals surface area contributed by atoms with E-state index < -0.39 is 0 Å². The lowest BCUT2D eigenvalue weighted by Crippen LogP contribution is -2.39. The molecule has 4 heterocycles. The smallest absolute Gasteiger partial charge is 0.267 e. The number of benzene rings is 1. The molecule has 6 nitrogen and oxygen atoms in total. The summed E-state index contributed by atoms with van der Waals surface area (Å²) in [6.45, 7) is 3.40. The quantitative estimate of drug-likeness (QED) is 0.357. The third-order valence-electron chi connectivity index (χ3n) is 7.53. The van der Waals surface area contributed by atoms with Crippen molar-refractivity contribution in [2.75, 3.05) is 11.4 Å². The van der Waals surface area contributed by atoms with Crippen LogP contribution in [0.5, 0.6) is 0 Å². The first-order chi connectivity index (χ1) is 17.5. The Kier molecular flexibility index (Phi) is 6.17. The number of aryl methyl sites for hydroxylation is 1. The number of fused-ring (bicyclic) bond motifs is 2. The van der Waals surface area contributed by atoms with Gasteiger partial charge in [-0.1, -0.05) is 73.6 Å². The highest BCUT2D eigenvalue weighted by Gasteiger charge is 2.38. The van der Waals surface area contributed by atoms with Crippen LogP contribution in [0.15, 0.2) is 52.3 Å². The standard InChI is InChI=1S/C28H28N4O2S2/c1-18-8-7-14-31-24(18)29-25(30-15-13-19-9-5-6-10-20(19)17-30)22(26(31)33)16-23-27(34)32(28(35)36-23)21-11-3-2-4-12-21/h5-10,14,16,21H,2-4,11-13,15,17H2,1H3/b23-16-. The maximum absolute atomic E-state index is 13.8. The molecule has 1 aliphatic carbocycles. The van der Waals surface area contributed by atoms with Crippen molar-refractivity contribution in [3.8, 4) is 0 Å². The van der Waals surface area contributed by atoms with Gasteiger partial charge in [0, 0.05) is 25.3 Å². The molecule has 0 spiro atoms. The van der Waals surface area contributed by atoms with E-state index in [1.807, 2.05) is 25.1 Å². The Morgan fingerprint density at radius 1 is 1.06 bits per heavy atom. The van der Waals surface area contributed by atoms with Gasteiger partial charge < -0.3 is 4.90 Å². The van der Waals surface area contributed by atoms with Crippen molar-refractivity contribution in [1.82, 2.24) is 14.3 Å². The molecule has 8 heteroatoms. The second-order valence-corrected chi connectivity index (χ2v) is 11.5. The number of amides is 1. The lowest BCUT2D eigenvalue weighted by Gasteiger charge is -2.31. The summed E-state index contributed by atoms with van der Waals surface area (Å²) in [5.41, 5.74) is 4.43. The summed E-state index contributed by atoms with van der Waals surface area (Å²) in [5.74, 6) is 0.548. The summed E-state index contributed by atoms with van der Waals surface area (Å²) in [4.78, 5) is 36.8. The molecule has 1 aromatic carbocycles. The molecule has 1 saturated carbocycles. The SMILES string of the molecule is Cc1cccn2c(=O)c(/C=C3\SC(=S)N(C4CCCCC4)C3=O)c(N3CCc4ccccc4C3)nc12. The Bertz CT molecular complexity index is 1470. The topological polar surface area (TPSA) is 57.9 Å². The van der Waals surface area contributed by atoms with E-state index >= 15 is 0 Å². The van der Waals surface area contributed by atoms with Crippen molar-refractivity contribution in [2.45, 2.75) is 58.0 Å². The Labute approximate surface area is 220 Å². The third kappa shape index (κ3) is 4.06. The van der Waals surface area contributed by atoms with Gasteiger partial charge in [0.1, 0.15) is 15.8 Å². The van der Waals surface area contributed by atoms with Crippen molar-refractivity contribution in [3.05, 3.63) is 80.1 Å². The number of hydrogen-bond acceptors (Lipinski definition) is 6. The molecule has 0 radical (unpaired) electrons. The number of thioether (sulfide) groups is 1. The summed E-state index contributed by atoms with van der Waals surface area (Å²) in [5, 5.41) is 0. The molecule has 36 heavy (non-hydrogen) atoms. The molecular formula is C28H28N4O2S2. The largest absolute Gasteiger partial charge is 0.351 e. The van der Waals surface area contributed by atoms with Crippen molar-refractivity contribution >= 4 is 51.7 Å². The van der Waals surface area contributed by atoms with E-state index in [1.165, 1.54) is 29.3 Å². The number of carbonyl (C=O) groups excluding carboxylic acids is 1. The predicted molar refractivity (Wildman–Crippen MR) is 149 cm³/mol. The Hall–Kier alpha value is -2.97. The Morgan fingerprint density at radius 2 is 1.83 bits per heavy atom. The molecule has 0 atom stereocenters. The van der Waals surface area contributed by atoms with Gasteiger partial charge in [-0.2, -0.15) is 0 Å². The molecule has 1 saturated heterocycles. The fourth-order valence-corrected chi connectivity index (χ4v) is 6.99. The second-order valence-electron chi connectivity index (χ2n) is 9.82. The average molecular weight is 517 g/mol. The number of thiocarbonyl (C=S) groups is 1. The monoisotopic (exact) mass is 516 g/mol. The summed E-state index contributed by atoms with van der Waals surface area (Å²) in [6.07, 6.45) is 9.79. The van der Waals surface area contributed by atoms with Gasteiger partial charge in [0.05, 0.1) is 10.5 Å². The maximum atomic E-state index is 13.8. The van der Waals surface area contributed by atoms with Crippen molar-refractivity contribution in [2.24, 2.45) is 0 Å². The highest BCUT2D eigenvalue weighted by Crippen LogP contribution is 2.38. The molecule has 3 aromatic rings. The van der Waals surface area contributed by atoms with Crippen LogP contribution in [0.2, 0.25) is 0 Å². The number of aromatic nitrogens is 2. The zero-order valence-electron chi connectivity index (χ0n) is 20.3. The Balaban J connectivity index is 1.46.